The highest BCUT2D eigenvalue weighted by Crippen LogP contribution is 2.41. The number of hydrogen-bond acceptors (Lipinski definition) is 4. The van der Waals surface area contributed by atoms with Crippen molar-refractivity contribution < 1.29 is 5.11 Å². The van der Waals surface area contributed by atoms with Crippen LogP contribution in [-0.2, 0) is 0 Å². The number of benzene rings is 3. The molecule has 0 spiro atoms. The Bertz CT molecular complexity index is 1510. The van der Waals surface area contributed by atoms with Crippen molar-refractivity contribution in [2.24, 2.45) is 0 Å². The van der Waals surface area contributed by atoms with Crippen molar-refractivity contribution >= 4 is 21.6 Å². The van der Waals surface area contributed by atoms with Crippen molar-refractivity contribution in [3.8, 4) is 45.2 Å². The minimum atomic E-state index is -0.308. The van der Waals surface area contributed by atoms with Crippen LogP contribution in [0.3, 0.4) is 0 Å². The summed E-state index contributed by atoms with van der Waals surface area (Å²) in [6.45, 7) is 0. The van der Waals surface area contributed by atoms with E-state index in [0.29, 0.717) is 21.3 Å². The Morgan fingerprint density at radius 3 is 2.29 bits per heavy atom. The number of aromatic nitrogens is 1. The maximum atomic E-state index is 12.6. The van der Waals surface area contributed by atoms with E-state index in [-0.39, 0.29) is 16.9 Å². The lowest BCUT2D eigenvalue weighted by atomic mass is 9.98. The highest BCUT2D eigenvalue weighted by atomic mass is 32.1. The number of nitrogens with one attached hydrogen (secondary N) is 1. The summed E-state index contributed by atoms with van der Waals surface area (Å²) in [5.74, 6) is -0.00741. The predicted octanol–water partition coefficient (Wildman–Crippen LogP) is 6.17. The van der Waals surface area contributed by atoms with Crippen molar-refractivity contribution in [3.63, 3.8) is 0 Å². The molecule has 0 aliphatic heterocycles. The van der Waals surface area contributed by atoms with Gasteiger partial charge in [-0.05, 0) is 34.4 Å². The number of fused-ring (bicyclic) bond motifs is 1. The molecule has 0 saturated carbocycles. The zero-order chi connectivity index (χ0) is 21.4. The number of hydrogen-bond donors (Lipinski definition) is 2. The van der Waals surface area contributed by atoms with E-state index in [4.69, 9.17) is 5.26 Å². The summed E-state index contributed by atoms with van der Waals surface area (Å²) in [5, 5.41) is 22.8. The van der Waals surface area contributed by atoms with Crippen LogP contribution < -0.4 is 5.56 Å². The summed E-state index contributed by atoms with van der Waals surface area (Å²) in [5.41, 5.74) is 5.04. The topological polar surface area (TPSA) is 76.9 Å². The summed E-state index contributed by atoms with van der Waals surface area (Å²) in [6.07, 6.45) is 0. The molecule has 2 heterocycles. The van der Waals surface area contributed by atoms with Gasteiger partial charge in [-0.3, -0.25) is 4.79 Å². The van der Waals surface area contributed by atoms with Gasteiger partial charge in [-0.15, -0.1) is 11.3 Å². The van der Waals surface area contributed by atoms with Crippen LogP contribution in [0.2, 0.25) is 0 Å². The van der Waals surface area contributed by atoms with Gasteiger partial charge in [-0.25, -0.2) is 0 Å². The summed E-state index contributed by atoms with van der Waals surface area (Å²) in [6, 6.07) is 26.8. The molecule has 4 nitrogen and oxygen atoms in total. The first-order valence-electron chi connectivity index (χ1n) is 9.68. The number of pyridine rings is 1. The van der Waals surface area contributed by atoms with E-state index in [1.165, 1.54) is 11.3 Å². The van der Waals surface area contributed by atoms with Gasteiger partial charge in [0.25, 0.3) is 5.56 Å². The molecular weight excluding hydrogens is 404 g/mol. The zero-order valence-corrected chi connectivity index (χ0v) is 17.1. The van der Waals surface area contributed by atoms with E-state index in [1.807, 2.05) is 78.2 Å². The van der Waals surface area contributed by atoms with Gasteiger partial charge in [0, 0.05) is 10.9 Å². The summed E-state index contributed by atoms with van der Waals surface area (Å²) >= 11 is 1.39. The minimum absolute atomic E-state index is 0.00741. The van der Waals surface area contributed by atoms with Crippen LogP contribution >= 0.6 is 11.3 Å². The molecule has 31 heavy (non-hydrogen) atoms. The van der Waals surface area contributed by atoms with Crippen molar-refractivity contribution in [3.05, 3.63) is 100 Å². The van der Waals surface area contributed by atoms with Gasteiger partial charge >= 0.3 is 0 Å². The average molecular weight is 420 g/mol. The third-order valence-electron chi connectivity index (χ3n) is 5.30. The fourth-order valence-corrected chi connectivity index (χ4v) is 4.74. The van der Waals surface area contributed by atoms with Crippen molar-refractivity contribution in [2.45, 2.75) is 0 Å². The molecule has 0 saturated heterocycles. The minimum Gasteiger partial charge on any atom is -0.506 e. The summed E-state index contributed by atoms with van der Waals surface area (Å²) < 4.78 is 0. The Balaban J connectivity index is 1.63. The number of H-pyrrole nitrogens is 1. The maximum absolute atomic E-state index is 12.6. The highest BCUT2D eigenvalue weighted by molar-refractivity contribution is 7.17. The fraction of sp³-hybridized carbons (Fsp3) is 0. The number of nitriles is 1. The molecule has 148 valence electrons. The average Bonchev–Trinajstić information content (AvgIpc) is 3.24. The predicted molar refractivity (Wildman–Crippen MR) is 125 cm³/mol. The molecule has 0 amide bonds. The van der Waals surface area contributed by atoms with Crippen LogP contribution in [0, 0.1) is 11.3 Å². The fourth-order valence-electron chi connectivity index (χ4n) is 3.78. The van der Waals surface area contributed by atoms with E-state index in [0.717, 1.165) is 22.3 Å². The lowest BCUT2D eigenvalue weighted by Crippen LogP contribution is -2.08. The first kappa shape index (κ1) is 18.9. The quantitative estimate of drug-likeness (QED) is 0.366. The monoisotopic (exact) mass is 420 g/mol. The van der Waals surface area contributed by atoms with Crippen LogP contribution in [0.1, 0.15) is 5.56 Å². The van der Waals surface area contributed by atoms with Crippen LogP contribution in [0.5, 0.6) is 5.75 Å². The molecule has 0 aliphatic carbocycles. The van der Waals surface area contributed by atoms with Gasteiger partial charge in [0.2, 0.25) is 0 Å². The van der Waals surface area contributed by atoms with Crippen LogP contribution in [0.4, 0.5) is 0 Å². The Labute approximate surface area is 182 Å². The highest BCUT2D eigenvalue weighted by Gasteiger charge is 2.18. The lowest BCUT2D eigenvalue weighted by Gasteiger charge is -2.08. The molecule has 0 radical (unpaired) electrons. The molecule has 0 aliphatic rings. The van der Waals surface area contributed by atoms with Gasteiger partial charge in [-0.1, -0.05) is 66.7 Å². The van der Waals surface area contributed by atoms with Crippen LogP contribution in [0.15, 0.2) is 89.0 Å². The number of aromatic hydroxyl groups is 1. The summed E-state index contributed by atoms with van der Waals surface area (Å²) in [4.78, 5) is 16.2. The van der Waals surface area contributed by atoms with Gasteiger partial charge in [0.15, 0.2) is 0 Å². The first-order valence-corrected chi connectivity index (χ1v) is 10.6. The lowest BCUT2D eigenvalue weighted by molar-refractivity contribution is 0.483. The first-order chi connectivity index (χ1) is 15.2. The van der Waals surface area contributed by atoms with E-state index >= 15 is 0 Å². The van der Waals surface area contributed by atoms with Gasteiger partial charge in [0.1, 0.15) is 10.6 Å². The van der Waals surface area contributed by atoms with E-state index < -0.39 is 0 Å². The van der Waals surface area contributed by atoms with Crippen molar-refractivity contribution in [2.75, 3.05) is 0 Å². The molecule has 0 atom stereocenters. The van der Waals surface area contributed by atoms with Gasteiger partial charge < -0.3 is 10.1 Å². The number of rotatable bonds is 3. The molecule has 2 N–H and O–H groups in total. The molecule has 2 aromatic heterocycles. The van der Waals surface area contributed by atoms with Gasteiger partial charge in [0.05, 0.1) is 22.6 Å². The normalized spacial score (nSPS) is 10.8. The van der Waals surface area contributed by atoms with E-state index in [2.05, 4.69) is 11.1 Å². The smallest absolute Gasteiger partial charge is 0.260 e. The number of thiophene rings is 1. The van der Waals surface area contributed by atoms with Crippen LogP contribution in [-0.4, -0.2) is 10.1 Å². The third kappa shape index (κ3) is 3.29. The molecule has 0 unspecified atom stereocenters. The molecule has 0 fully saturated rings. The zero-order valence-electron chi connectivity index (χ0n) is 16.3. The number of aromatic amines is 1. The largest absolute Gasteiger partial charge is 0.506 e. The second-order valence-electron chi connectivity index (χ2n) is 7.17. The van der Waals surface area contributed by atoms with E-state index in [1.54, 1.807) is 6.07 Å². The molecule has 5 rings (SSSR count). The third-order valence-corrected chi connectivity index (χ3v) is 6.20. The number of nitrogens with zero attached hydrogens (tertiary/aromatic N) is 1. The standard InChI is InChI=1S/C26H16N2O2S/c27-14-16-5-4-8-20(13-16)17-9-11-18(12-10-17)21-15-31-26-23(21)24(29)22(25(30)28-26)19-6-2-1-3-7-19/h1-13,15H,(H2,28,29,30). The Hall–Kier alpha value is -4.14. The molecular formula is C26H16N2O2S. The second-order valence-corrected chi connectivity index (χ2v) is 8.05. The molecule has 0 bridgehead atoms. The van der Waals surface area contributed by atoms with E-state index in [9.17, 15) is 9.90 Å². The molecule has 5 aromatic rings. The Morgan fingerprint density at radius 1 is 0.839 bits per heavy atom. The summed E-state index contributed by atoms with van der Waals surface area (Å²) in [7, 11) is 0. The Morgan fingerprint density at radius 2 is 1.55 bits per heavy atom. The molecule has 3 aromatic carbocycles. The second kappa shape index (κ2) is 7.60. The van der Waals surface area contributed by atoms with Crippen molar-refractivity contribution in [1.29, 1.82) is 5.26 Å². The molecule has 5 heteroatoms. The van der Waals surface area contributed by atoms with Crippen molar-refractivity contribution in [1.82, 2.24) is 4.98 Å². The Kier molecular flexibility index (Phi) is 4.62. The van der Waals surface area contributed by atoms with Crippen LogP contribution in [0.25, 0.3) is 43.6 Å². The SMILES string of the molecule is N#Cc1cccc(-c2ccc(-c3csc4[nH]c(=O)c(-c5ccccc5)c(O)c34)cc2)c1. The van der Waals surface area contributed by atoms with Gasteiger partial charge in [-0.2, -0.15) is 5.26 Å². The maximum Gasteiger partial charge on any atom is 0.260 e.